The lowest BCUT2D eigenvalue weighted by Gasteiger charge is -2.22. The number of rotatable bonds is 6. The summed E-state index contributed by atoms with van der Waals surface area (Å²) in [5.41, 5.74) is 0. The van der Waals surface area contributed by atoms with Gasteiger partial charge in [0.2, 0.25) is 0 Å². The van der Waals surface area contributed by atoms with Crippen LogP contribution in [-0.4, -0.2) is 30.1 Å². The Labute approximate surface area is 85.2 Å². The zero-order valence-electron chi connectivity index (χ0n) is 9.37. The Morgan fingerprint density at radius 1 is 1.50 bits per heavy atom. The molecule has 4 heteroatoms. The third kappa shape index (κ3) is 4.58. The van der Waals surface area contributed by atoms with Gasteiger partial charge in [-0.1, -0.05) is 20.3 Å². The minimum Gasteiger partial charge on any atom is -0.462 e. The summed E-state index contributed by atoms with van der Waals surface area (Å²) in [6.07, 6.45) is 0.943. The van der Waals surface area contributed by atoms with Gasteiger partial charge in [0.05, 0.1) is 13.2 Å². The van der Waals surface area contributed by atoms with Crippen molar-refractivity contribution in [1.29, 1.82) is 0 Å². The molecule has 0 fully saturated rings. The van der Waals surface area contributed by atoms with Gasteiger partial charge >= 0.3 is 5.97 Å². The van der Waals surface area contributed by atoms with Gasteiger partial charge in [0.1, 0.15) is 0 Å². The summed E-state index contributed by atoms with van der Waals surface area (Å²) in [6.45, 7) is 7.58. The van der Waals surface area contributed by atoms with Crippen molar-refractivity contribution in [2.24, 2.45) is 5.92 Å². The molecule has 0 aliphatic rings. The number of carbonyl (C=O) groups is 1. The monoisotopic (exact) mass is 204 g/mol. The first-order chi connectivity index (χ1) is 6.44. The largest absolute Gasteiger partial charge is 0.462 e. The third-order valence-electron chi connectivity index (χ3n) is 2.00. The Hall–Kier alpha value is -0.610. The number of aliphatic hydroxyl groups is 1. The van der Waals surface area contributed by atoms with Crippen molar-refractivity contribution in [3.8, 4) is 0 Å². The average molecular weight is 204 g/mol. The van der Waals surface area contributed by atoms with Crippen LogP contribution < -0.4 is 0 Å². The average Bonchev–Trinajstić information content (AvgIpc) is 2.14. The highest BCUT2D eigenvalue weighted by Crippen LogP contribution is 2.12. The van der Waals surface area contributed by atoms with E-state index in [1.165, 1.54) is 6.92 Å². The van der Waals surface area contributed by atoms with E-state index in [1.54, 1.807) is 6.92 Å². The molecule has 0 saturated heterocycles. The minimum absolute atomic E-state index is 0.238. The summed E-state index contributed by atoms with van der Waals surface area (Å²) in [5.74, 6) is -2.24. The van der Waals surface area contributed by atoms with Crippen LogP contribution in [0.4, 0.5) is 0 Å². The highest BCUT2D eigenvalue weighted by Gasteiger charge is 2.33. The molecule has 0 rings (SSSR count). The second-order valence-corrected chi connectivity index (χ2v) is 3.53. The van der Waals surface area contributed by atoms with E-state index >= 15 is 0 Å². The fourth-order valence-corrected chi connectivity index (χ4v) is 0.746. The van der Waals surface area contributed by atoms with Crippen molar-refractivity contribution < 1.29 is 19.4 Å². The molecular formula is C10H20O4. The molecule has 1 N–H and O–H groups in total. The molecular weight excluding hydrogens is 184 g/mol. The molecule has 0 heterocycles. The zero-order chi connectivity index (χ0) is 11.2. The molecule has 0 aliphatic heterocycles. The first kappa shape index (κ1) is 13.4. The second kappa shape index (κ2) is 5.98. The van der Waals surface area contributed by atoms with E-state index in [-0.39, 0.29) is 6.61 Å². The lowest BCUT2D eigenvalue weighted by Crippen LogP contribution is -2.40. The summed E-state index contributed by atoms with van der Waals surface area (Å²) < 4.78 is 9.74. The number of hydrogen-bond donors (Lipinski definition) is 1. The van der Waals surface area contributed by atoms with Crippen LogP contribution in [0.25, 0.3) is 0 Å². The molecule has 4 nitrogen and oxygen atoms in total. The quantitative estimate of drug-likeness (QED) is 0.523. The third-order valence-corrected chi connectivity index (χ3v) is 2.00. The van der Waals surface area contributed by atoms with Crippen LogP contribution >= 0.6 is 0 Å². The van der Waals surface area contributed by atoms with Gasteiger partial charge in [0, 0.05) is 6.92 Å². The summed E-state index contributed by atoms with van der Waals surface area (Å²) in [4.78, 5) is 11.2. The first-order valence-corrected chi connectivity index (χ1v) is 4.97. The molecule has 0 unspecified atom stereocenters. The lowest BCUT2D eigenvalue weighted by molar-refractivity contribution is -0.223. The first-order valence-electron chi connectivity index (χ1n) is 4.97. The molecule has 0 amide bonds. The van der Waals surface area contributed by atoms with Gasteiger partial charge in [-0.15, -0.1) is 0 Å². The number of ether oxygens (including phenoxy) is 2. The maximum absolute atomic E-state index is 11.2. The fraction of sp³-hybridized carbons (Fsp3) is 0.900. The molecule has 84 valence electrons. The smallest absolute Gasteiger partial charge is 0.366 e. The van der Waals surface area contributed by atoms with E-state index < -0.39 is 11.8 Å². The molecule has 0 aromatic carbocycles. The molecule has 0 radical (unpaired) electrons. The van der Waals surface area contributed by atoms with Crippen LogP contribution in [0.2, 0.25) is 0 Å². The standard InChI is InChI=1S/C10H20O4/c1-5-8(3)7-14-10(4,12)9(11)13-6-2/h8,12H,5-7H2,1-4H3/t8-,10-/m0/s1. The molecule has 2 atom stereocenters. The van der Waals surface area contributed by atoms with E-state index in [0.29, 0.717) is 12.5 Å². The molecule has 0 aromatic heterocycles. The topological polar surface area (TPSA) is 55.8 Å². The van der Waals surface area contributed by atoms with Crippen molar-refractivity contribution >= 4 is 5.97 Å². The van der Waals surface area contributed by atoms with E-state index in [2.05, 4.69) is 4.74 Å². The van der Waals surface area contributed by atoms with Gasteiger partial charge in [0.15, 0.2) is 0 Å². The maximum Gasteiger partial charge on any atom is 0.366 e. The van der Waals surface area contributed by atoms with Crippen molar-refractivity contribution in [2.45, 2.75) is 39.9 Å². The molecule has 0 spiro atoms. The van der Waals surface area contributed by atoms with Gasteiger partial charge in [-0.2, -0.15) is 0 Å². The highest BCUT2D eigenvalue weighted by atomic mass is 16.7. The Bertz CT molecular complexity index is 177. The SMILES string of the molecule is CCOC(=O)[C@@](C)(O)OC[C@@H](C)CC. The van der Waals surface area contributed by atoms with Gasteiger partial charge in [0.25, 0.3) is 5.79 Å². The normalized spacial score (nSPS) is 17.2. The summed E-state index contributed by atoms with van der Waals surface area (Å²) in [6, 6.07) is 0. The van der Waals surface area contributed by atoms with Gasteiger partial charge < -0.3 is 14.6 Å². The Morgan fingerprint density at radius 3 is 2.50 bits per heavy atom. The molecule has 0 saturated carbocycles. The predicted molar refractivity (Wildman–Crippen MR) is 52.7 cm³/mol. The molecule has 0 aromatic rings. The summed E-state index contributed by atoms with van der Waals surface area (Å²) in [5, 5.41) is 9.56. The fourth-order valence-electron chi connectivity index (χ4n) is 0.746. The predicted octanol–water partition coefficient (Wildman–Crippen LogP) is 1.32. The van der Waals surface area contributed by atoms with Crippen LogP contribution in [0.3, 0.4) is 0 Å². The number of esters is 1. The van der Waals surface area contributed by atoms with Crippen LogP contribution in [0, 0.1) is 5.92 Å². The van der Waals surface area contributed by atoms with Crippen molar-refractivity contribution in [2.75, 3.05) is 13.2 Å². The maximum atomic E-state index is 11.2. The molecule has 14 heavy (non-hydrogen) atoms. The van der Waals surface area contributed by atoms with Crippen LogP contribution in [0.15, 0.2) is 0 Å². The van der Waals surface area contributed by atoms with Crippen molar-refractivity contribution in [3.63, 3.8) is 0 Å². The zero-order valence-corrected chi connectivity index (χ0v) is 9.37. The number of carbonyl (C=O) groups excluding carboxylic acids is 1. The van der Waals surface area contributed by atoms with Gasteiger partial charge in [-0.05, 0) is 12.8 Å². The van der Waals surface area contributed by atoms with Crippen LogP contribution in [0.1, 0.15) is 34.1 Å². The summed E-state index contributed by atoms with van der Waals surface area (Å²) >= 11 is 0. The van der Waals surface area contributed by atoms with Crippen molar-refractivity contribution in [3.05, 3.63) is 0 Å². The minimum atomic E-state index is -1.82. The number of hydrogen-bond acceptors (Lipinski definition) is 4. The van der Waals surface area contributed by atoms with Gasteiger partial charge in [-0.25, -0.2) is 4.79 Å². The summed E-state index contributed by atoms with van der Waals surface area (Å²) in [7, 11) is 0. The molecule has 0 bridgehead atoms. The van der Waals surface area contributed by atoms with E-state index in [4.69, 9.17) is 4.74 Å². The van der Waals surface area contributed by atoms with Crippen molar-refractivity contribution in [1.82, 2.24) is 0 Å². The Morgan fingerprint density at radius 2 is 2.07 bits per heavy atom. The van der Waals surface area contributed by atoms with Crippen LogP contribution in [0.5, 0.6) is 0 Å². The van der Waals surface area contributed by atoms with E-state index in [9.17, 15) is 9.90 Å². The lowest BCUT2D eigenvalue weighted by atomic mass is 10.1. The molecule has 0 aliphatic carbocycles. The Balaban J connectivity index is 3.99. The van der Waals surface area contributed by atoms with E-state index in [1.807, 2.05) is 13.8 Å². The van der Waals surface area contributed by atoms with Gasteiger partial charge in [-0.3, -0.25) is 0 Å². The van der Waals surface area contributed by atoms with Crippen LogP contribution in [-0.2, 0) is 14.3 Å². The Kier molecular flexibility index (Phi) is 5.72. The highest BCUT2D eigenvalue weighted by molar-refractivity contribution is 5.76. The second-order valence-electron chi connectivity index (χ2n) is 3.53. The van der Waals surface area contributed by atoms with E-state index in [0.717, 1.165) is 6.42 Å².